The Morgan fingerprint density at radius 2 is 1.61 bits per heavy atom. The third-order valence-corrected chi connectivity index (χ3v) is 2.50. The maximum Gasteiger partial charge on any atom is 0.335 e. The van der Waals surface area contributed by atoms with Crippen LogP contribution in [0.2, 0.25) is 0 Å². The van der Waals surface area contributed by atoms with E-state index in [0.717, 1.165) is 11.1 Å². The molecule has 2 aromatic carbocycles. The number of aromatic hydroxyl groups is 1. The Hall–Kier alpha value is -2.55. The molecule has 0 spiro atoms. The zero-order chi connectivity index (χ0) is 13.0. The van der Waals surface area contributed by atoms with E-state index in [2.05, 4.69) is 0 Å². The predicted molar refractivity (Wildman–Crippen MR) is 70.4 cm³/mol. The third-order valence-electron chi connectivity index (χ3n) is 2.50. The summed E-state index contributed by atoms with van der Waals surface area (Å²) >= 11 is 0. The second-order valence-electron chi connectivity index (χ2n) is 3.86. The lowest BCUT2D eigenvalue weighted by Crippen LogP contribution is -1.94. The molecule has 0 fully saturated rings. The summed E-state index contributed by atoms with van der Waals surface area (Å²) < 4.78 is 0. The van der Waals surface area contributed by atoms with Crippen molar-refractivity contribution in [2.24, 2.45) is 0 Å². The molecule has 2 aromatic rings. The summed E-state index contributed by atoms with van der Waals surface area (Å²) in [7, 11) is 0. The first kappa shape index (κ1) is 11.9. The number of carbonyl (C=O) groups is 1. The van der Waals surface area contributed by atoms with E-state index in [0.29, 0.717) is 0 Å². The standard InChI is InChI=1S/C15H12O3/c16-14-3-1-2-12(10-14)5-4-11-6-8-13(9-7-11)15(17)18/h1-10,16H,(H,17,18). The minimum atomic E-state index is -0.932. The first-order chi connectivity index (χ1) is 8.65. The van der Waals surface area contributed by atoms with E-state index in [1.807, 2.05) is 18.2 Å². The molecule has 0 aliphatic heterocycles. The number of carboxylic acid groups (broad SMARTS) is 1. The molecule has 2 N–H and O–H groups in total. The normalized spacial score (nSPS) is 10.7. The van der Waals surface area contributed by atoms with Crippen molar-refractivity contribution in [3.05, 3.63) is 65.2 Å². The van der Waals surface area contributed by atoms with Crippen molar-refractivity contribution in [3.8, 4) is 5.75 Å². The fourth-order valence-electron chi connectivity index (χ4n) is 1.56. The van der Waals surface area contributed by atoms with Gasteiger partial charge in [-0.05, 0) is 35.4 Å². The zero-order valence-electron chi connectivity index (χ0n) is 9.58. The summed E-state index contributed by atoms with van der Waals surface area (Å²) in [5, 5.41) is 18.1. The van der Waals surface area contributed by atoms with Crippen LogP contribution in [-0.4, -0.2) is 16.2 Å². The zero-order valence-corrected chi connectivity index (χ0v) is 9.58. The van der Waals surface area contributed by atoms with Gasteiger partial charge in [-0.2, -0.15) is 0 Å². The summed E-state index contributed by atoms with van der Waals surface area (Å²) in [5.41, 5.74) is 2.06. The Bertz CT molecular complexity index is 583. The van der Waals surface area contributed by atoms with Crippen LogP contribution in [0.3, 0.4) is 0 Å². The number of rotatable bonds is 3. The van der Waals surface area contributed by atoms with Gasteiger partial charge in [-0.25, -0.2) is 4.79 Å². The molecule has 0 aliphatic carbocycles. The number of benzene rings is 2. The first-order valence-corrected chi connectivity index (χ1v) is 5.45. The quantitative estimate of drug-likeness (QED) is 0.809. The lowest BCUT2D eigenvalue weighted by molar-refractivity contribution is 0.0697. The molecular formula is C15H12O3. The highest BCUT2D eigenvalue weighted by Crippen LogP contribution is 2.14. The molecule has 0 atom stereocenters. The summed E-state index contributed by atoms with van der Waals surface area (Å²) in [5.74, 6) is -0.711. The van der Waals surface area contributed by atoms with Crippen molar-refractivity contribution in [3.63, 3.8) is 0 Å². The number of aromatic carboxylic acids is 1. The van der Waals surface area contributed by atoms with E-state index in [4.69, 9.17) is 5.11 Å². The van der Waals surface area contributed by atoms with Gasteiger partial charge in [0.25, 0.3) is 0 Å². The van der Waals surface area contributed by atoms with E-state index in [-0.39, 0.29) is 11.3 Å². The van der Waals surface area contributed by atoms with Crippen LogP contribution in [0.1, 0.15) is 21.5 Å². The second-order valence-corrected chi connectivity index (χ2v) is 3.86. The average molecular weight is 240 g/mol. The topological polar surface area (TPSA) is 57.5 Å². The molecule has 0 aliphatic rings. The van der Waals surface area contributed by atoms with Gasteiger partial charge in [0.1, 0.15) is 5.75 Å². The largest absolute Gasteiger partial charge is 0.508 e. The molecule has 0 aromatic heterocycles. The van der Waals surface area contributed by atoms with Gasteiger partial charge in [-0.1, -0.05) is 36.4 Å². The molecule has 90 valence electrons. The highest BCUT2D eigenvalue weighted by Gasteiger charge is 1.99. The van der Waals surface area contributed by atoms with Gasteiger partial charge in [0.05, 0.1) is 5.56 Å². The Morgan fingerprint density at radius 3 is 2.22 bits per heavy atom. The molecule has 18 heavy (non-hydrogen) atoms. The van der Waals surface area contributed by atoms with Crippen LogP contribution >= 0.6 is 0 Å². The monoisotopic (exact) mass is 240 g/mol. The van der Waals surface area contributed by atoms with Gasteiger partial charge in [-0.3, -0.25) is 0 Å². The van der Waals surface area contributed by atoms with Crippen LogP contribution in [0.15, 0.2) is 48.5 Å². The van der Waals surface area contributed by atoms with Crippen molar-refractivity contribution in [1.29, 1.82) is 0 Å². The van der Waals surface area contributed by atoms with Gasteiger partial charge in [0, 0.05) is 0 Å². The van der Waals surface area contributed by atoms with Crippen LogP contribution in [0.25, 0.3) is 12.2 Å². The molecule has 0 bridgehead atoms. The second kappa shape index (κ2) is 5.19. The Kier molecular flexibility index (Phi) is 3.44. The smallest absolute Gasteiger partial charge is 0.335 e. The first-order valence-electron chi connectivity index (χ1n) is 5.45. The molecule has 2 rings (SSSR count). The van der Waals surface area contributed by atoms with Crippen LogP contribution in [0.5, 0.6) is 5.75 Å². The molecule has 0 saturated carbocycles. The maximum atomic E-state index is 10.7. The minimum Gasteiger partial charge on any atom is -0.508 e. The SMILES string of the molecule is O=C(O)c1ccc(C=Cc2cccc(O)c2)cc1. The van der Waals surface area contributed by atoms with Crippen LogP contribution in [0, 0.1) is 0 Å². The van der Waals surface area contributed by atoms with E-state index < -0.39 is 5.97 Å². The van der Waals surface area contributed by atoms with Crippen LogP contribution < -0.4 is 0 Å². The van der Waals surface area contributed by atoms with E-state index in [1.165, 1.54) is 0 Å². The number of phenols is 1. The molecule has 3 heteroatoms. The molecule has 0 amide bonds. The average Bonchev–Trinajstić information content (AvgIpc) is 2.37. The van der Waals surface area contributed by atoms with Crippen LogP contribution in [0.4, 0.5) is 0 Å². The summed E-state index contributed by atoms with van der Waals surface area (Å²) in [6.07, 6.45) is 3.72. The highest BCUT2D eigenvalue weighted by atomic mass is 16.4. The van der Waals surface area contributed by atoms with Gasteiger partial charge < -0.3 is 10.2 Å². The lowest BCUT2D eigenvalue weighted by atomic mass is 10.1. The van der Waals surface area contributed by atoms with E-state index in [1.54, 1.807) is 42.5 Å². The van der Waals surface area contributed by atoms with Crippen molar-refractivity contribution in [2.75, 3.05) is 0 Å². The number of hydrogen-bond acceptors (Lipinski definition) is 2. The van der Waals surface area contributed by atoms with Crippen molar-refractivity contribution in [1.82, 2.24) is 0 Å². The van der Waals surface area contributed by atoms with Crippen molar-refractivity contribution < 1.29 is 15.0 Å². The Labute approximate surface area is 105 Å². The lowest BCUT2D eigenvalue weighted by Gasteiger charge is -1.97. The fourth-order valence-corrected chi connectivity index (χ4v) is 1.56. The summed E-state index contributed by atoms with van der Waals surface area (Å²) in [6.45, 7) is 0. The predicted octanol–water partition coefficient (Wildman–Crippen LogP) is 3.26. The maximum absolute atomic E-state index is 10.7. The number of phenolic OH excluding ortho intramolecular Hbond substituents is 1. The number of hydrogen-bond donors (Lipinski definition) is 2. The Morgan fingerprint density at radius 1 is 0.944 bits per heavy atom. The fraction of sp³-hybridized carbons (Fsp3) is 0. The molecule has 3 nitrogen and oxygen atoms in total. The van der Waals surface area contributed by atoms with Crippen molar-refractivity contribution in [2.45, 2.75) is 0 Å². The van der Waals surface area contributed by atoms with Gasteiger partial charge >= 0.3 is 5.97 Å². The highest BCUT2D eigenvalue weighted by molar-refractivity contribution is 5.88. The van der Waals surface area contributed by atoms with Crippen molar-refractivity contribution >= 4 is 18.1 Å². The molecule has 0 saturated heterocycles. The molecule has 0 unspecified atom stereocenters. The molecule has 0 radical (unpaired) electrons. The van der Waals surface area contributed by atoms with Gasteiger partial charge in [0.2, 0.25) is 0 Å². The Balaban J connectivity index is 2.16. The molecule has 0 heterocycles. The summed E-state index contributed by atoms with van der Waals surface area (Å²) in [6, 6.07) is 13.5. The third kappa shape index (κ3) is 2.98. The van der Waals surface area contributed by atoms with Gasteiger partial charge in [0.15, 0.2) is 0 Å². The summed E-state index contributed by atoms with van der Waals surface area (Å²) in [4.78, 5) is 10.7. The van der Waals surface area contributed by atoms with E-state index in [9.17, 15) is 9.90 Å². The molecular weight excluding hydrogens is 228 g/mol. The van der Waals surface area contributed by atoms with Gasteiger partial charge in [-0.15, -0.1) is 0 Å². The number of carboxylic acids is 1. The van der Waals surface area contributed by atoms with Crippen LogP contribution in [-0.2, 0) is 0 Å². The minimum absolute atomic E-state index is 0.221. The van der Waals surface area contributed by atoms with E-state index >= 15 is 0 Å².